The number of amides is 1. The molecule has 0 bridgehead atoms. The molecule has 1 aliphatic heterocycles. The van der Waals surface area contributed by atoms with Crippen LogP contribution in [0.5, 0.6) is 0 Å². The van der Waals surface area contributed by atoms with Crippen molar-refractivity contribution in [3.8, 4) is 0 Å². The van der Waals surface area contributed by atoms with Crippen LogP contribution in [0, 0.1) is 0 Å². The summed E-state index contributed by atoms with van der Waals surface area (Å²) in [7, 11) is 1.70. The SMILES string of the molecule is CCOCC(=O)N(C)[C@@H]1CNC[C@H]1O. The minimum atomic E-state index is -0.467. The molecule has 1 rings (SSSR count). The van der Waals surface area contributed by atoms with Crippen LogP contribution in [-0.2, 0) is 9.53 Å². The van der Waals surface area contributed by atoms with Gasteiger partial charge >= 0.3 is 0 Å². The monoisotopic (exact) mass is 202 g/mol. The normalized spacial score (nSPS) is 26.5. The van der Waals surface area contributed by atoms with Crippen molar-refractivity contribution >= 4 is 5.91 Å². The fraction of sp³-hybridized carbons (Fsp3) is 0.889. The average molecular weight is 202 g/mol. The molecule has 0 saturated carbocycles. The van der Waals surface area contributed by atoms with Gasteiger partial charge in [0.1, 0.15) is 6.61 Å². The topological polar surface area (TPSA) is 61.8 Å². The van der Waals surface area contributed by atoms with Gasteiger partial charge < -0.3 is 20.1 Å². The summed E-state index contributed by atoms with van der Waals surface area (Å²) in [5.74, 6) is -0.0837. The Labute approximate surface area is 84.0 Å². The predicted molar refractivity (Wildman–Crippen MR) is 51.9 cm³/mol. The fourth-order valence-corrected chi connectivity index (χ4v) is 1.52. The number of nitrogens with one attached hydrogen (secondary N) is 1. The standard InChI is InChI=1S/C9H18N2O3/c1-3-14-6-9(13)11(2)7-4-10-5-8(7)12/h7-8,10,12H,3-6H2,1-2H3/t7-,8-/m1/s1. The molecule has 1 heterocycles. The third kappa shape index (κ3) is 2.67. The number of likely N-dealkylation sites (N-methyl/N-ethyl adjacent to an activating group) is 1. The van der Waals surface area contributed by atoms with E-state index in [9.17, 15) is 9.90 Å². The van der Waals surface area contributed by atoms with Crippen LogP contribution in [0.4, 0.5) is 0 Å². The third-order valence-corrected chi connectivity index (χ3v) is 2.47. The van der Waals surface area contributed by atoms with E-state index < -0.39 is 6.10 Å². The van der Waals surface area contributed by atoms with Gasteiger partial charge in [0.15, 0.2) is 0 Å². The lowest BCUT2D eigenvalue weighted by atomic mass is 10.2. The highest BCUT2D eigenvalue weighted by Gasteiger charge is 2.30. The number of nitrogens with zero attached hydrogens (tertiary/aromatic N) is 1. The quantitative estimate of drug-likeness (QED) is 0.602. The average Bonchev–Trinajstić information content (AvgIpc) is 2.59. The molecule has 1 fully saturated rings. The van der Waals surface area contributed by atoms with Crippen molar-refractivity contribution in [2.75, 3.05) is 33.4 Å². The molecule has 5 nitrogen and oxygen atoms in total. The first kappa shape index (κ1) is 11.4. The van der Waals surface area contributed by atoms with Crippen LogP contribution in [0.2, 0.25) is 0 Å². The zero-order valence-electron chi connectivity index (χ0n) is 8.69. The summed E-state index contributed by atoms with van der Waals surface area (Å²) < 4.78 is 5.02. The highest BCUT2D eigenvalue weighted by Crippen LogP contribution is 2.07. The van der Waals surface area contributed by atoms with Gasteiger partial charge in [0, 0.05) is 26.7 Å². The zero-order valence-corrected chi connectivity index (χ0v) is 8.69. The minimum Gasteiger partial charge on any atom is -0.390 e. The second-order valence-corrected chi connectivity index (χ2v) is 3.43. The zero-order chi connectivity index (χ0) is 10.6. The van der Waals surface area contributed by atoms with Gasteiger partial charge in [-0.25, -0.2) is 0 Å². The molecule has 0 aromatic carbocycles. The molecule has 0 aliphatic carbocycles. The van der Waals surface area contributed by atoms with Gasteiger partial charge in [0.25, 0.3) is 0 Å². The summed E-state index contributed by atoms with van der Waals surface area (Å²) in [6.45, 7) is 3.67. The number of aliphatic hydroxyl groups is 1. The molecular weight excluding hydrogens is 184 g/mol. The second-order valence-electron chi connectivity index (χ2n) is 3.43. The van der Waals surface area contributed by atoms with E-state index in [2.05, 4.69) is 5.32 Å². The summed E-state index contributed by atoms with van der Waals surface area (Å²) in [6, 6.07) is -0.122. The van der Waals surface area contributed by atoms with E-state index in [4.69, 9.17) is 4.74 Å². The first-order valence-corrected chi connectivity index (χ1v) is 4.89. The van der Waals surface area contributed by atoms with Crippen molar-refractivity contribution in [3.05, 3.63) is 0 Å². The van der Waals surface area contributed by atoms with E-state index in [0.29, 0.717) is 19.7 Å². The van der Waals surface area contributed by atoms with Crippen LogP contribution < -0.4 is 5.32 Å². The summed E-state index contributed by atoms with van der Waals surface area (Å²) in [6.07, 6.45) is -0.467. The van der Waals surface area contributed by atoms with Gasteiger partial charge in [0.2, 0.25) is 5.91 Å². The molecular formula is C9H18N2O3. The summed E-state index contributed by atoms with van der Waals surface area (Å²) in [5, 5.41) is 12.6. The molecule has 5 heteroatoms. The lowest BCUT2D eigenvalue weighted by Crippen LogP contribution is -2.45. The lowest BCUT2D eigenvalue weighted by molar-refractivity contribution is -0.138. The van der Waals surface area contributed by atoms with E-state index in [1.807, 2.05) is 6.92 Å². The molecule has 1 amide bonds. The Morgan fingerprint density at radius 2 is 2.36 bits per heavy atom. The highest BCUT2D eigenvalue weighted by molar-refractivity contribution is 5.77. The van der Waals surface area contributed by atoms with Crippen molar-refractivity contribution in [2.24, 2.45) is 0 Å². The Hall–Kier alpha value is -0.650. The Balaban J connectivity index is 2.39. The summed E-state index contributed by atoms with van der Waals surface area (Å²) in [5.41, 5.74) is 0. The van der Waals surface area contributed by atoms with Gasteiger partial charge in [-0.2, -0.15) is 0 Å². The molecule has 2 atom stereocenters. The van der Waals surface area contributed by atoms with E-state index >= 15 is 0 Å². The molecule has 0 radical (unpaired) electrons. The van der Waals surface area contributed by atoms with Crippen molar-refractivity contribution in [3.63, 3.8) is 0 Å². The molecule has 1 saturated heterocycles. The second kappa shape index (κ2) is 5.29. The van der Waals surface area contributed by atoms with Crippen LogP contribution in [0.3, 0.4) is 0 Å². The van der Waals surface area contributed by atoms with Gasteiger partial charge in [-0.1, -0.05) is 0 Å². The first-order valence-electron chi connectivity index (χ1n) is 4.89. The maximum atomic E-state index is 11.5. The lowest BCUT2D eigenvalue weighted by Gasteiger charge is -2.26. The van der Waals surface area contributed by atoms with Crippen molar-refractivity contribution in [1.82, 2.24) is 10.2 Å². The molecule has 14 heavy (non-hydrogen) atoms. The maximum Gasteiger partial charge on any atom is 0.248 e. The Morgan fingerprint density at radius 1 is 1.64 bits per heavy atom. The van der Waals surface area contributed by atoms with Gasteiger partial charge in [-0.3, -0.25) is 4.79 Å². The van der Waals surface area contributed by atoms with Crippen molar-refractivity contribution in [1.29, 1.82) is 0 Å². The third-order valence-electron chi connectivity index (χ3n) is 2.47. The van der Waals surface area contributed by atoms with Gasteiger partial charge in [-0.05, 0) is 6.92 Å². The summed E-state index contributed by atoms with van der Waals surface area (Å²) in [4.78, 5) is 13.1. The van der Waals surface area contributed by atoms with Crippen molar-refractivity contribution in [2.45, 2.75) is 19.1 Å². The number of carbonyl (C=O) groups excluding carboxylic acids is 1. The number of rotatable bonds is 4. The fourth-order valence-electron chi connectivity index (χ4n) is 1.52. The number of β-amino-alcohol motifs (C(OH)–C–C–N with tert-alkyl or cyclic N) is 1. The first-order chi connectivity index (χ1) is 6.66. The van der Waals surface area contributed by atoms with E-state index in [1.165, 1.54) is 0 Å². The maximum absolute atomic E-state index is 11.5. The van der Waals surface area contributed by atoms with E-state index in [-0.39, 0.29) is 18.6 Å². The number of hydrogen-bond donors (Lipinski definition) is 2. The Kier molecular flexibility index (Phi) is 4.31. The van der Waals surface area contributed by atoms with E-state index in [0.717, 1.165) is 0 Å². The van der Waals surface area contributed by atoms with Crippen LogP contribution in [0.1, 0.15) is 6.92 Å². The van der Waals surface area contributed by atoms with E-state index in [1.54, 1.807) is 11.9 Å². The number of ether oxygens (including phenoxy) is 1. The van der Waals surface area contributed by atoms with Crippen molar-refractivity contribution < 1.29 is 14.6 Å². The molecule has 1 aliphatic rings. The highest BCUT2D eigenvalue weighted by atomic mass is 16.5. The molecule has 0 unspecified atom stereocenters. The predicted octanol–water partition coefficient (Wildman–Crippen LogP) is -1.19. The Bertz CT molecular complexity index is 198. The largest absolute Gasteiger partial charge is 0.390 e. The number of aliphatic hydroxyl groups excluding tert-OH is 1. The number of hydrogen-bond acceptors (Lipinski definition) is 4. The smallest absolute Gasteiger partial charge is 0.248 e. The van der Waals surface area contributed by atoms with Crippen LogP contribution in [0.25, 0.3) is 0 Å². The molecule has 82 valence electrons. The van der Waals surface area contributed by atoms with Crippen LogP contribution >= 0.6 is 0 Å². The Morgan fingerprint density at radius 3 is 2.86 bits per heavy atom. The molecule has 2 N–H and O–H groups in total. The molecule has 0 spiro atoms. The summed E-state index contributed by atoms with van der Waals surface area (Å²) >= 11 is 0. The molecule has 0 aromatic rings. The van der Waals surface area contributed by atoms with Crippen LogP contribution in [0.15, 0.2) is 0 Å². The number of carbonyl (C=O) groups is 1. The van der Waals surface area contributed by atoms with Gasteiger partial charge in [0.05, 0.1) is 12.1 Å². The van der Waals surface area contributed by atoms with Gasteiger partial charge in [-0.15, -0.1) is 0 Å². The molecule has 0 aromatic heterocycles. The van der Waals surface area contributed by atoms with Crippen LogP contribution in [-0.4, -0.2) is 61.4 Å². The minimum absolute atomic E-state index is 0.0837.